The summed E-state index contributed by atoms with van der Waals surface area (Å²) in [4.78, 5) is 14.5. The molecular weight excluding hydrogens is 437 g/mol. The maximum Gasteiger partial charge on any atom is 0.261 e. The number of amides is 1. The largest absolute Gasteiger partial charge is 0.379 e. The van der Waals surface area contributed by atoms with Crippen LogP contribution in [0.3, 0.4) is 0 Å². The number of carbonyl (C=O) groups is 1. The third kappa shape index (κ3) is 6.07. The Balaban J connectivity index is 1.56. The van der Waals surface area contributed by atoms with E-state index in [0.29, 0.717) is 31.0 Å². The van der Waals surface area contributed by atoms with Gasteiger partial charge in [-0.25, -0.2) is 8.42 Å². The lowest BCUT2D eigenvalue weighted by Crippen LogP contribution is -2.41. The summed E-state index contributed by atoms with van der Waals surface area (Å²) >= 11 is 11.7. The van der Waals surface area contributed by atoms with Crippen LogP contribution in [0.4, 0.5) is 5.69 Å². The van der Waals surface area contributed by atoms with Crippen molar-refractivity contribution in [3.05, 3.63) is 58.1 Å². The maximum absolute atomic E-state index is 12.5. The highest BCUT2D eigenvalue weighted by Crippen LogP contribution is 2.26. The minimum absolute atomic E-state index is 0.00293. The zero-order valence-electron chi connectivity index (χ0n) is 15.5. The van der Waals surface area contributed by atoms with Crippen molar-refractivity contribution < 1.29 is 17.9 Å². The summed E-state index contributed by atoms with van der Waals surface area (Å²) < 4.78 is 32.7. The SMILES string of the molecule is O=C(NCCN1CCOCC1)c1ccc(NS(=O)(=O)c2ccc(Cl)c(Cl)c2)cc1. The van der Waals surface area contributed by atoms with E-state index < -0.39 is 10.0 Å². The van der Waals surface area contributed by atoms with Crippen LogP contribution in [0.2, 0.25) is 10.0 Å². The number of sulfonamides is 1. The summed E-state index contributed by atoms with van der Waals surface area (Å²) in [5.41, 5.74) is 0.783. The normalized spacial score (nSPS) is 15.1. The van der Waals surface area contributed by atoms with Gasteiger partial charge in [0.1, 0.15) is 0 Å². The van der Waals surface area contributed by atoms with Gasteiger partial charge in [-0.2, -0.15) is 0 Å². The third-order valence-corrected chi connectivity index (χ3v) is 6.54. The molecule has 2 aromatic carbocycles. The van der Waals surface area contributed by atoms with Crippen molar-refractivity contribution in [3.63, 3.8) is 0 Å². The molecule has 0 aliphatic carbocycles. The molecule has 0 spiro atoms. The summed E-state index contributed by atoms with van der Waals surface area (Å²) in [5.74, 6) is -0.211. The van der Waals surface area contributed by atoms with Crippen molar-refractivity contribution in [1.82, 2.24) is 10.2 Å². The monoisotopic (exact) mass is 457 g/mol. The van der Waals surface area contributed by atoms with E-state index in [1.54, 1.807) is 12.1 Å². The molecule has 1 aliphatic rings. The number of nitrogens with one attached hydrogen (secondary N) is 2. The molecule has 7 nitrogen and oxygen atoms in total. The Morgan fingerprint density at radius 1 is 1.03 bits per heavy atom. The van der Waals surface area contributed by atoms with Crippen LogP contribution in [0.5, 0.6) is 0 Å². The van der Waals surface area contributed by atoms with Gasteiger partial charge in [0.25, 0.3) is 15.9 Å². The number of ether oxygens (including phenoxy) is 1. The molecule has 0 bridgehead atoms. The molecule has 156 valence electrons. The quantitative estimate of drug-likeness (QED) is 0.667. The molecule has 0 radical (unpaired) electrons. The topological polar surface area (TPSA) is 87.7 Å². The van der Waals surface area contributed by atoms with Gasteiger partial charge in [-0.05, 0) is 42.5 Å². The Morgan fingerprint density at radius 3 is 2.38 bits per heavy atom. The van der Waals surface area contributed by atoms with Crippen LogP contribution in [0, 0.1) is 0 Å². The van der Waals surface area contributed by atoms with Gasteiger partial charge in [-0.15, -0.1) is 0 Å². The highest BCUT2D eigenvalue weighted by Gasteiger charge is 2.16. The Bertz CT molecular complexity index is 962. The van der Waals surface area contributed by atoms with Gasteiger partial charge in [0, 0.05) is 37.4 Å². The van der Waals surface area contributed by atoms with E-state index in [-0.39, 0.29) is 20.8 Å². The highest BCUT2D eigenvalue weighted by atomic mass is 35.5. The van der Waals surface area contributed by atoms with Gasteiger partial charge in [-0.3, -0.25) is 14.4 Å². The minimum Gasteiger partial charge on any atom is -0.379 e. The second kappa shape index (κ2) is 9.77. The van der Waals surface area contributed by atoms with Gasteiger partial charge in [0.15, 0.2) is 0 Å². The maximum atomic E-state index is 12.5. The van der Waals surface area contributed by atoms with E-state index in [1.165, 1.54) is 30.3 Å². The first-order valence-electron chi connectivity index (χ1n) is 9.01. The van der Waals surface area contributed by atoms with Crippen molar-refractivity contribution >= 4 is 44.8 Å². The predicted octanol–water partition coefficient (Wildman–Crippen LogP) is 2.86. The summed E-state index contributed by atoms with van der Waals surface area (Å²) in [6.45, 7) is 4.45. The number of halogens is 2. The van der Waals surface area contributed by atoms with Gasteiger partial charge >= 0.3 is 0 Å². The number of rotatable bonds is 7. The van der Waals surface area contributed by atoms with Crippen molar-refractivity contribution in [1.29, 1.82) is 0 Å². The molecule has 0 saturated carbocycles. The first kappa shape index (κ1) is 21.9. The zero-order chi connectivity index (χ0) is 20.9. The Hall–Kier alpha value is -1.84. The molecular formula is C19H21Cl2N3O4S. The van der Waals surface area contributed by atoms with Crippen molar-refractivity contribution in [3.8, 4) is 0 Å². The highest BCUT2D eigenvalue weighted by molar-refractivity contribution is 7.92. The van der Waals surface area contributed by atoms with Crippen LogP contribution in [0.15, 0.2) is 47.4 Å². The van der Waals surface area contributed by atoms with Crippen molar-refractivity contribution in [2.45, 2.75) is 4.90 Å². The molecule has 0 atom stereocenters. The first-order chi connectivity index (χ1) is 13.8. The second-order valence-electron chi connectivity index (χ2n) is 6.47. The molecule has 1 fully saturated rings. The lowest BCUT2D eigenvalue weighted by atomic mass is 10.2. The lowest BCUT2D eigenvalue weighted by Gasteiger charge is -2.26. The smallest absolute Gasteiger partial charge is 0.261 e. The van der Waals surface area contributed by atoms with E-state index in [1.807, 2.05) is 0 Å². The van der Waals surface area contributed by atoms with Gasteiger partial charge in [0.05, 0.1) is 28.2 Å². The Kier molecular flexibility index (Phi) is 7.37. The molecule has 1 saturated heterocycles. The van der Waals surface area contributed by atoms with Crippen LogP contribution in [-0.4, -0.2) is 58.6 Å². The fourth-order valence-corrected chi connectivity index (χ4v) is 4.25. The number of nitrogens with zero attached hydrogens (tertiary/aromatic N) is 1. The molecule has 3 rings (SSSR count). The van der Waals surface area contributed by atoms with Crippen LogP contribution in [0.1, 0.15) is 10.4 Å². The standard InChI is InChI=1S/C19H21Cl2N3O4S/c20-17-6-5-16(13-18(17)21)29(26,27)23-15-3-1-14(2-4-15)19(25)22-7-8-24-9-11-28-12-10-24/h1-6,13,23H,7-12H2,(H,22,25). The molecule has 10 heteroatoms. The molecule has 29 heavy (non-hydrogen) atoms. The third-order valence-electron chi connectivity index (χ3n) is 4.42. The predicted molar refractivity (Wildman–Crippen MR) is 113 cm³/mol. The van der Waals surface area contributed by atoms with Crippen LogP contribution in [0.25, 0.3) is 0 Å². The van der Waals surface area contributed by atoms with Crippen LogP contribution in [-0.2, 0) is 14.8 Å². The van der Waals surface area contributed by atoms with Crippen LogP contribution >= 0.6 is 23.2 Å². The van der Waals surface area contributed by atoms with Gasteiger partial charge < -0.3 is 10.1 Å². The summed E-state index contributed by atoms with van der Waals surface area (Å²) in [5, 5.41) is 3.29. The van der Waals surface area contributed by atoms with E-state index in [0.717, 1.165) is 19.6 Å². The molecule has 1 aliphatic heterocycles. The fraction of sp³-hybridized carbons (Fsp3) is 0.316. The Labute approximate surface area is 180 Å². The second-order valence-corrected chi connectivity index (χ2v) is 8.97. The summed E-state index contributed by atoms with van der Waals surface area (Å²) in [6.07, 6.45) is 0. The minimum atomic E-state index is -3.82. The average Bonchev–Trinajstić information content (AvgIpc) is 2.71. The molecule has 0 unspecified atom stereocenters. The lowest BCUT2D eigenvalue weighted by molar-refractivity contribution is 0.0383. The van der Waals surface area contributed by atoms with Gasteiger partial charge in [0.2, 0.25) is 0 Å². The number of morpholine rings is 1. The number of hydrogen-bond donors (Lipinski definition) is 2. The number of anilines is 1. The molecule has 2 aromatic rings. The van der Waals surface area contributed by atoms with Crippen LogP contribution < -0.4 is 10.0 Å². The Morgan fingerprint density at radius 2 is 1.72 bits per heavy atom. The average molecular weight is 458 g/mol. The number of carbonyl (C=O) groups excluding carboxylic acids is 1. The molecule has 1 heterocycles. The summed E-state index contributed by atoms with van der Waals surface area (Å²) in [7, 11) is -3.82. The van der Waals surface area contributed by atoms with E-state index in [9.17, 15) is 13.2 Å². The van der Waals surface area contributed by atoms with E-state index in [4.69, 9.17) is 27.9 Å². The number of benzene rings is 2. The molecule has 2 N–H and O–H groups in total. The van der Waals surface area contributed by atoms with Crippen molar-refractivity contribution in [2.75, 3.05) is 44.1 Å². The number of hydrogen-bond acceptors (Lipinski definition) is 5. The van der Waals surface area contributed by atoms with E-state index >= 15 is 0 Å². The first-order valence-corrected chi connectivity index (χ1v) is 11.3. The fourth-order valence-electron chi connectivity index (χ4n) is 2.80. The van der Waals surface area contributed by atoms with E-state index in [2.05, 4.69) is 14.9 Å². The van der Waals surface area contributed by atoms with Gasteiger partial charge in [-0.1, -0.05) is 23.2 Å². The zero-order valence-corrected chi connectivity index (χ0v) is 17.9. The molecule has 1 amide bonds. The molecule has 0 aromatic heterocycles. The van der Waals surface area contributed by atoms with Crippen molar-refractivity contribution in [2.24, 2.45) is 0 Å². The summed E-state index contributed by atoms with van der Waals surface area (Å²) in [6, 6.07) is 10.3.